The van der Waals surface area contributed by atoms with Crippen LogP contribution >= 0.6 is 0 Å². The summed E-state index contributed by atoms with van der Waals surface area (Å²) in [6, 6.07) is 20.4. The molecule has 1 unspecified atom stereocenters. The number of nitrogens with two attached hydrogens (primary N) is 1. The van der Waals surface area contributed by atoms with Gasteiger partial charge in [-0.1, -0.05) is 48.5 Å². The van der Waals surface area contributed by atoms with Crippen LogP contribution in [0, 0.1) is 6.92 Å². The van der Waals surface area contributed by atoms with Crippen LogP contribution in [0.2, 0.25) is 0 Å². The van der Waals surface area contributed by atoms with Gasteiger partial charge in [0.2, 0.25) is 0 Å². The molecule has 0 bridgehead atoms. The van der Waals surface area contributed by atoms with Crippen LogP contribution in [0.5, 0.6) is 0 Å². The molecule has 140 valence electrons. The molecule has 3 rings (SSSR count). The van der Waals surface area contributed by atoms with Crippen molar-refractivity contribution in [2.75, 3.05) is 17.7 Å². The van der Waals surface area contributed by atoms with Gasteiger partial charge in [-0.25, -0.2) is 0 Å². The Morgan fingerprint density at radius 1 is 1.04 bits per heavy atom. The topological polar surface area (TPSA) is 55.6 Å². The molecule has 0 amide bonds. The Labute approximate surface area is 160 Å². The Hall–Kier alpha value is -3.01. The highest BCUT2D eigenvalue weighted by molar-refractivity contribution is 6.01. The lowest BCUT2D eigenvalue weighted by atomic mass is 10.0. The molecule has 0 fully saturated rings. The van der Waals surface area contributed by atoms with E-state index in [0.29, 0.717) is 13.0 Å². The first-order chi connectivity index (χ1) is 13.0. The summed E-state index contributed by atoms with van der Waals surface area (Å²) < 4.78 is 4.90. The van der Waals surface area contributed by atoms with Crippen molar-refractivity contribution in [3.05, 3.63) is 71.8 Å². The lowest BCUT2D eigenvalue weighted by Gasteiger charge is -2.32. The zero-order chi connectivity index (χ0) is 19.4. The van der Waals surface area contributed by atoms with Gasteiger partial charge in [0.15, 0.2) is 0 Å². The zero-order valence-corrected chi connectivity index (χ0v) is 16.1. The van der Waals surface area contributed by atoms with Gasteiger partial charge >= 0.3 is 5.97 Å². The number of carbonyl (C=O) groups is 1. The van der Waals surface area contributed by atoms with E-state index >= 15 is 0 Å². The van der Waals surface area contributed by atoms with E-state index in [1.54, 1.807) is 0 Å². The Morgan fingerprint density at radius 3 is 2.41 bits per heavy atom. The number of fused-ring (bicyclic) bond motifs is 1. The van der Waals surface area contributed by atoms with Crippen molar-refractivity contribution in [2.45, 2.75) is 32.9 Å². The second-order valence-corrected chi connectivity index (χ2v) is 6.90. The standard InChI is InChI=1S/C23H26N2O2/c1-16-8-4-5-9-18(16)15-25(17(2)14-23(26)27-3)22-13-12-21(24)19-10-6-7-11-20(19)22/h4-13,17H,14-15,24H2,1-3H3. The second kappa shape index (κ2) is 8.12. The maximum Gasteiger partial charge on any atom is 0.307 e. The predicted octanol–water partition coefficient (Wildman–Crippen LogP) is 4.69. The third-order valence-corrected chi connectivity index (χ3v) is 5.07. The molecule has 0 radical (unpaired) electrons. The van der Waals surface area contributed by atoms with Crippen molar-refractivity contribution in [3.8, 4) is 0 Å². The van der Waals surface area contributed by atoms with Gasteiger partial charge in [-0.2, -0.15) is 0 Å². The highest BCUT2D eigenvalue weighted by atomic mass is 16.5. The number of hydrogen-bond donors (Lipinski definition) is 1. The van der Waals surface area contributed by atoms with Gasteiger partial charge in [-0.3, -0.25) is 4.79 Å². The largest absolute Gasteiger partial charge is 0.469 e. The smallest absolute Gasteiger partial charge is 0.307 e. The predicted molar refractivity (Wildman–Crippen MR) is 112 cm³/mol. The number of rotatable bonds is 6. The molecule has 2 N–H and O–H groups in total. The first kappa shape index (κ1) is 18.8. The number of ether oxygens (including phenoxy) is 1. The maximum atomic E-state index is 11.9. The quantitative estimate of drug-likeness (QED) is 0.511. The van der Waals surface area contributed by atoms with E-state index in [1.165, 1.54) is 18.2 Å². The monoisotopic (exact) mass is 362 g/mol. The average molecular weight is 362 g/mol. The van der Waals surface area contributed by atoms with Crippen molar-refractivity contribution in [3.63, 3.8) is 0 Å². The molecule has 0 aliphatic carbocycles. The van der Waals surface area contributed by atoms with Crippen molar-refractivity contribution < 1.29 is 9.53 Å². The number of anilines is 2. The van der Waals surface area contributed by atoms with Crippen molar-refractivity contribution >= 4 is 28.1 Å². The summed E-state index contributed by atoms with van der Waals surface area (Å²) in [6.07, 6.45) is 0.321. The second-order valence-electron chi connectivity index (χ2n) is 6.90. The molecule has 3 aromatic rings. The van der Waals surface area contributed by atoms with Crippen LogP contribution < -0.4 is 10.6 Å². The molecular weight excluding hydrogens is 336 g/mol. The molecule has 4 heteroatoms. The summed E-state index contributed by atoms with van der Waals surface area (Å²) in [5, 5.41) is 2.11. The van der Waals surface area contributed by atoms with Gasteiger partial charge in [0.1, 0.15) is 0 Å². The first-order valence-corrected chi connectivity index (χ1v) is 9.16. The highest BCUT2D eigenvalue weighted by Crippen LogP contribution is 2.33. The van der Waals surface area contributed by atoms with Crippen LogP contribution in [0.4, 0.5) is 11.4 Å². The van der Waals surface area contributed by atoms with Gasteiger partial charge in [0, 0.05) is 34.7 Å². The van der Waals surface area contributed by atoms with E-state index < -0.39 is 0 Å². The summed E-state index contributed by atoms with van der Waals surface area (Å²) in [5.74, 6) is -0.211. The summed E-state index contributed by atoms with van der Waals surface area (Å²) in [6.45, 7) is 4.87. The summed E-state index contributed by atoms with van der Waals surface area (Å²) >= 11 is 0. The van der Waals surface area contributed by atoms with Gasteiger partial charge in [-0.15, -0.1) is 0 Å². The minimum atomic E-state index is -0.211. The minimum Gasteiger partial charge on any atom is -0.469 e. The molecule has 0 heterocycles. The number of nitrogen functional groups attached to an aromatic ring is 1. The Morgan fingerprint density at radius 2 is 1.70 bits per heavy atom. The van der Waals surface area contributed by atoms with E-state index in [-0.39, 0.29) is 12.0 Å². The molecule has 0 saturated heterocycles. The highest BCUT2D eigenvalue weighted by Gasteiger charge is 2.21. The van der Waals surface area contributed by atoms with Crippen molar-refractivity contribution in [1.29, 1.82) is 0 Å². The van der Waals surface area contributed by atoms with Crippen LogP contribution in [0.1, 0.15) is 24.5 Å². The van der Waals surface area contributed by atoms with Gasteiger partial charge in [-0.05, 0) is 37.1 Å². The number of aryl methyl sites for hydroxylation is 1. The van der Waals surface area contributed by atoms with Crippen LogP contribution in [-0.2, 0) is 16.1 Å². The van der Waals surface area contributed by atoms with E-state index in [9.17, 15) is 4.79 Å². The molecule has 0 spiro atoms. The lowest BCUT2D eigenvalue weighted by Crippen LogP contribution is -2.35. The summed E-state index contributed by atoms with van der Waals surface area (Å²) in [4.78, 5) is 14.2. The summed E-state index contributed by atoms with van der Waals surface area (Å²) in [5.41, 5.74) is 10.5. The van der Waals surface area contributed by atoms with Crippen molar-refractivity contribution in [2.24, 2.45) is 0 Å². The molecule has 0 aliphatic rings. The number of methoxy groups -OCH3 is 1. The summed E-state index contributed by atoms with van der Waals surface area (Å²) in [7, 11) is 1.43. The fourth-order valence-electron chi connectivity index (χ4n) is 3.44. The lowest BCUT2D eigenvalue weighted by molar-refractivity contribution is -0.140. The first-order valence-electron chi connectivity index (χ1n) is 9.16. The van der Waals surface area contributed by atoms with Crippen LogP contribution in [0.3, 0.4) is 0 Å². The molecule has 3 aromatic carbocycles. The van der Waals surface area contributed by atoms with Gasteiger partial charge < -0.3 is 15.4 Å². The van der Waals surface area contributed by atoms with E-state index in [4.69, 9.17) is 10.5 Å². The molecule has 4 nitrogen and oxygen atoms in total. The Bertz CT molecular complexity index is 952. The van der Waals surface area contributed by atoms with Gasteiger partial charge in [0.05, 0.1) is 13.5 Å². The zero-order valence-electron chi connectivity index (χ0n) is 16.1. The Kier molecular flexibility index (Phi) is 5.65. The fourth-order valence-corrected chi connectivity index (χ4v) is 3.44. The van der Waals surface area contributed by atoms with Crippen LogP contribution in [0.15, 0.2) is 60.7 Å². The minimum absolute atomic E-state index is 0.0240. The number of nitrogens with zero attached hydrogens (tertiary/aromatic N) is 1. The third kappa shape index (κ3) is 4.05. The molecule has 0 aromatic heterocycles. The van der Waals surface area contributed by atoms with Crippen LogP contribution in [-0.4, -0.2) is 19.1 Å². The molecule has 0 aliphatic heterocycles. The number of carbonyl (C=O) groups excluding carboxylic acids is 1. The third-order valence-electron chi connectivity index (χ3n) is 5.07. The molecular formula is C23H26N2O2. The number of esters is 1. The van der Waals surface area contributed by atoms with Gasteiger partial charge in [0.25, 0.3) is 0 Å². The Balaban J connectivity index is 2.08. The van der Waals surface area contributed by atoms with Crippen LogP contribution in [0.25, 0.3) is 10.8 Å². The molecule has 1 atom stereocenters. The maximum absolute atomic E-state index is 11.9. The molecule has 27 heavy (non-hydrogen) atoms. The van der Waals surface area contributed by atoms with Crippen molar-refractivity contribution in [1.82, 2.24) is 0 Å². The average Bonchev–Trinajstić information content (AvgIpc) is 2.68. The van der Waals surface area contributed by atoms with E-state index in [2.05, 4.69) is 36.9 Å². The number of benzene rings is 3. The van der Waals surface area contributed by atoms with E-state index in [1.807, 2.05) is 42.5 Å². The number of hydrogen-bond acceptors (Lipinski definition) is 4. The van der Waals surface area contributed by atoms with E-state index in [0.717, 1.165) is 22.1 Å². The SMILES string of the molecule is COC(=O)CC(C)N(Cc1ccccc1C)c1ccc(N)c2ccccc12. The fraction of sp³-hybridized carbons (Fsp3) is 0.261. The normalized spacial score (nSPS) is 12.0. The molecule has 0 saturated carbocycles.